The Bertz CT molecular complexity index is 1380. The fourth-order valence-corrected chi connectivity index (χ4v) is 4.07. The number of fused-ring (bicyclic) bond motifs is 2. The van der Waals surface area contributed by atoms with E-state index in [1.165, 1.54) is 7.11 Å². The summed E-state index contributed by atoms with van der Waals surface area (Å²) >= 11 is 0. The minimum atomic E-state index is -0.653. The van der Waals surface area contributed by atoms with Gasteiger partial charge >= 0.3 is 0 Å². The first-order valence-electron chi connectivity index (χ1n) is 12.1. The van der Waals surface area contributed by atoms with Crippen molar-refractivity contribution in [2.45, 2.75) is 47.1 Å². The van der Waals surface area contributed by atoms with Gasteiger partial charge in [-0.25, -0.2) is 0 Å². The van der Waals surface area contributed by atoms with Crippen LogP contribution in [0.4, 0.5) is 5.69 Å². The van der Waals surface area contributed by atoms with Crippen LogP contribution in [-0.2, 0) is 4.79 Å². The third-order valence-electron chi connectivity index (χ3n) is 5.98. The summed E-state index contributed by atoms with van der Waals surface area (Å²) in [5, 5.41) is 7.78. The number of methoxy groups -OCH3 is 2. The second kappa shape index (κ2) is 9.50. The van der Waals surface area contributed by atoms with Gasteiger partial charge in [0.1, 0.15) is 0 Å². The van der Waals surface area contributed by atoms with Crippen molar-refractivity contribution in [1.29, 1.82) is 0 Å². The van der Waals surface area contributed by atoms with Crippen LogP contribution in [-0.4, -0.2) is 38.4 Å². The van der Waals surface area contributed by atoms with E-state index in [4.69, 9.17) is 18.9 Å². The Kier molecular flexibility index (Phi) is 6.71. The molecule has 0 aliphatic carbocycles. The normalized spacial score (nSPS) is 12.9. The number of hydrogen-bond donors (Lipinski definition) is 2. The minimum absolute atomic E-state index is 0.134. The van der Waals surface area contributed by atoms with Crippen LogP contribution in [0.3, 0.4) is 0 Å². The van der Waals surface area contributed by atoms with Crippen molar-refractivity contribution in [2.75, 3.05) is 26.3 Å². The highest BCUT2D eigenvalue weighted by Gasteiger charge is 2.27. The quantitative estimate of drug-likeness (QED) is 0.457. The van der Waals surface area contributed by atoms with Crippen LogP contribution in [0.15, 0.2) is 36.4 Å². The van der Waals surface area contributed by atoms with Gasteiger partial charge in [-0.3, -0.25) is 9.59 Å². The van der Waals surface area contributed by atoms with Crippen molar-refractivity contribution >= 4 is 28.3 Å². The number of rotatable bonds is 5. The van der Waals surface area contributed by atoms with Gasteiger partial charge in [0.05, 0.1) is 25.5 Å². The summed E-state index contributed by atoms with van der Waals surface area (Å²) in [6.45, 7) is 11.4. The number of nitrogens with one attached hydrogen (secondary N) is 2. The first-order chi connectivity index (χ1) is 17.3. The van der Waals surface area contributed by atoms with E-state index in [0.29, 0.717) is 45.4 Å². The molecule has 1 aliphatic heterocycles. The number of carbonyl (C=O) groups is 2. The molecule has 2 amide bonds. The monoisotopic (exact) mass is 506 g/mol. The molecule has 0 aromatic heterocycles. The van der Waals surface area contributed by atoms with Crippen molar-refractivity contribution in [2.24, 2.45) is 5.41 Å². The third kappa shape index (κ3) is 5.28. The van der Waals surface area contributed by atoms with Crippen LogP contribution in [0.2, 0.25) is 0 Å². The number of carbonyl (C=O) groups excluding carboxylic acids is 2. The number of amides is 2. The molecule has 0 radical (unpaired) electrons. The molecule has 0 unspecified atom stereocenters. The van der Waals surface area contributed by atoms with Crippen LogP contribution in [0, 0.1) is 5.41 Å². The summed E-state index contributed by atoms with van der Waals surface area (Å²) in [5.74, 6) is 1.68. The van der Waals surface area contributed by atoms with E-state index in [2.05, 4.69) is 10.6 Å². The highest BCUT2D eigenvalue weighted by Crippen LogP contribution is 2.45. The van der Waals surface area contributed by atoms with Gasteiger partial charge in [0.2, 0.25) is 12.7 Å². The topological polar surface area (TPSA) is 95.1 Å². The Morgan fingerprint density at radius 2 is 1.46 bits per heavy atom. The minimum Gasteiger partial charge on any atom is -0.493 e. The second-order valence-electron chi connectivity index (χ2n) is 11.1. The van der Waals surface area contributed by atoms with E-state index in [1.54, 1.807) is 19.2 Å². The number of benzene rings is 3. The van der Waals surface area contributed by atoms with Gasteiger partial charge in [-0.05, 0) is 50.4 Å². The third-order valence-corrected chi connectivity index (χ3v) is 5.98. The highest BCUT2D eigenvalue weighted by molar-refractivity contribution is 6.12. The Hall–Kier alpha value is -3.94. The van der Waals surface area contributed by atoms with Gasteiger partial charge in [-0.2, -0.15) is 0 Å². The molecule has 1 aliphatic rings. The molecular weight excluding hydrogens is 472 g/mol. The SMILES string of the molecule is COc1cc(C(=O)NC(C)(C)C)c(-c2ccc3cc4c(cc3c2NC(=O)C(C)(C)C)OCO4)cc1OC. The summed E-state index contributed by atoms with van der Waals surface area (Å²) in [6.07, 6.45) is 0. The maximum Gasteiger partial charge on any atom is 0.252 e. The predicted octanol–water partition coefficient (Wildman–Crippen LogP) is 5.77. The molecule has 3 aromatic carbocycles. The van der Waals surface area contributed by atoms with Crippen LogP contribution in [0.5, 0.6) is 23.0 Å². The summed E-state index contributed by atoms with van der Waals surface area (Å²) in [7, 11) is 3.07. The Labute approximate surface area is 217 Å². The first-order valence-corrected chi connectivity index (χ1v) is 12.1. The lowest BCUT2D eigenvalue weighted by molar-refractivity contribution is -0.123. The number of hydrogen-bond acceptors (Lipinski definition) is 6. The summed E-state index contributed by atoms with van der Waals surface area (Å²) < 4.78 is 22.3. The molecule has 0 atom stereocenters. The van der Waals surface area contributed by atoms with E-state index < -0.39 is 11.0 Å². The zero-order valence-electron chi connectivity index (χ0n) is 22.6. The van der Waals surface area contributed by atoms with Crippen LogP contribution in [0.1, 0.15) is 51.9 Å². The van der Waals surface area contributed by atoms with Gasteiger partial charge in [0.25, 0.3) is 5.91 Å². The van der Waals surface area contributed by atoms with Crippen molar-refractivity contribution in [3.8, 4) is 34.1 Å². The molecular formula is C29H34N2O6. The molecule has 0 saturated heterocycles. The lowest BCUT2D eigenvalue weighted by atomic mass is 9.91. The molecule has 1 heterocycles. The molecule has 0 bridgehead atoms. The van der Waals surface area contributed by atoms with Crippen molar-refractivity contribution in [3.05, 3.63) is 42.0 Å². The van der Waals surface area contributed by atoms with Crippen molar-refractivity contribution in [3.63, 3.8) is 0 Å². The average Bonchev–Trinajstić information content (AvgIpc) is 3.27. The highest BCUT2D eigenvalue weighted by atomic mass is 16.7. The summed E-state index contributed by atoms with van der Waals surface area (Å²) in [5.41, 5.74) is 1.07. The van der Waals surface area contributed by atoms with Gasteiger partial charge in [0.15, 0.2) is 23.0 Å². The zero-order chi connectivity index (χ0) is 27.1. The maximum atomic E-state index is 13.5. The predicted molar refractivity (Wildman–Crippen MR) is 144 cm³/mol. The Morgan fingerprint density at radius 3 is 2.05 bits per heavy atom. The summed E-state index contributed by atoms with van der Waals surface area (Å²) in [4.78, 5) is 26.7. The number of anilines is 1. The Morgan fingerprint density at radius 1 is 0.838 bits per heavy atom. The second-order valence-corrected chi connectivity index (χ2v) is 11.1. The first kappa shape index (κ1) is 26.1. The molecule has 37 heavy (non-hydrogen) atoms. The molecule has 3 aromatic rings. The fourth-order valence-electron chi connectivity index (χ4n) is 4.07. The molecule has 8 heteroatoms. The molecule has 4 rings (SSSR count). The van der Waals surface area contributed by atoms with Gasteiger partial charge < -0.3 is 29.6 Å². The Balaban J connectivity index is 2.02. The van der Waals surface area contributed by atoms with E-state index in [0.717, 1.165) is 10.8 Å². The van der Waals surface area contributed by atoms with Gasteiger partial charge in [-0.15, -0.1) is 0 Å². The number of ether oxygens (including phenoxy) is 4. The van der Waals surface area contributed by atoms with E-state index in [9.17, 15) is 9.59 Å². The fraction of sp³-hybridized carbons (Fsp3) is 0.379. The smallest absolute Gasteiger partial charge is 0.252 e. The largest absolute Gasteiger partial charge is 0.493 e. The lowest BCUT2D eigenvalue weighted by Gasteiger charge is -2.24. The van der Waals surface area contributed by atoms with Crippen LogP contribution >= 0.6 is 0 Å². The van der Waals surface area contributed by atoms with Crippen molar-refractivity contribution < 1.29 is 28.5 Å². The van der Waals surface area contributed by atoms with Crippen molar-refractivity contribution in [1.82, 2.24) is 5.32 Å². The molecule has 0 spiro atoms. The maximum absolute atomic E-state index is 13.5. The van der Waals surface area contributed by atoms with E-state index >= 15 is 0 Å². The standard InChI is InChI=1S/C29H34N2O6/c1-28(2,3)27(33)30-25-17(10-9-16-11-23-24(12-18(16)25)37-15-36-23)19-13-21(34-7)22(35-8)14-20(19)26(32)31-29(4,5)6/h9-14H,15H2,1-8H3,(H,30,33)(H,31,32). The molecule has 0 fully saturated rings. The van der Waals surface area contributed by atoms with Crippen LogP contribution in [0.25, 0.3) is 21.9 Å². The summed E-state index contributed by atoms with van der Waals surface area (Å²) in [6, 6.07) is 11.0. The lowest BCUT2D eigenvalue weighted by Crippen LogP contribution is -2.40. The van der Waals surface area contributed by atoms with Gasteiger partial charge in [-0.1, -0.05) is 32.9 Å². The van der Waals surface area contributed by atoms with E-state index in [-0.39, 0.29) is 18.6 Å². The average molecular weight is 507 g/mol. The van der Waals surface area contributed by atoms with E-state index in [1.807, 2.05) is 65.8 Å². The van der Waals surface area contributed by atoms with Gasteiger partial charge in [0, 0.05) is 27.5 Å². The molecule has 196 valence electrons. The van der Waals surface area contributed by atoms with Crippen LogP contribution < -0.4 is 29.6 Å². The zero-order valence-corrected chi connectivity index (χ0v) is 22.6. The molecule has 8 nitrogen and oxygen atoms in total. The molecule has 2 N–H and O–H groups in total. The molecule has 0 saturated carbocycles.